The van der Waals surface area contributed by atoms with Gasteiger partial charge in [0, 0.05) is 38.8 Å². The Kier molecular flexibility index (Phi) is 4.67. The van der Waals surface area contributed by atoms with E-state index in [0.717, 1.165) is 38.3 Å². The average molecular weight is 287 g/mol. The molecule has 1 aliphatic heterocycles. The van der Waals surface area contributed by atoms with Gasteiger partial charge >= 0.3 is 6.18 Å². The van der Waals surface area contributed by atoms with Crippen LogP contribution in [0.5, 0.6) is 0 Å². The standard InChI is InChI=1S/C14H20F3N3/c1-19-5-7-20(8-6-19)10-13(18)11-3-2-4-12(9-11)14(15,16)17/h2-4,9,13H,5-8,10,18H2,1H3. The van der Waals surface area contributed by atoms with Gasteiger partial charge in [0.25, 0.3) is 0 Å². The molecule has 0 aliphatic carbocycles. The molecule has 2 N–H and O–H groups in total. The van der Waals surface area contributed by atoms with Crippen molar-refractivity contribution in [2.24, 2.45) is 5.73 Å². The Morgan fingerprint density at radius 3 is 2.45 bits per heavy atom. The number of nitrogens with two attached hydrogens (primary N) is 1. The lowest BCUT2D eigenvalue weighted by atomic mass is 10.0. The molecule has 0 radical (unpaired) electrons. The number of halogens is 3. The lowest BCUT2D eigenvalue weighted by molar-refractivity contribution is -0.137. The summed E-state index contributed by atoms with van der Waals surface area (Å²) in [4.78, 5) is 4.43. The summed E-state index contributed by atoms with van der Waals surface area (Å²) in [5.74, 6) is 0. The molecule has 1 fully saturated rings. The maximum absolute atomic E-state index is 12.7. The zero-order chi connectivity index (χ0) is 14.8. The lowest BCUT2D eigenvalue weighted by Crippen LogP contribution is -2.46. The molecule has 112 valence electrons. The molecule has 0 amide bonds. The van der Waals surface area contributed by atoms with Crippen LogP contribution >= 0.6 is 0 Å². The van der Waals surface area contributed by atoms with E-state index in [-0.39, 0.29) is 6.04 Å². The molecule has 1 saturated heterocycles. The Labute approximate surface area is 117 Å². The Balaban J connectivity index is 2.00. The number of hydrogen-bond donors (Lipinski definition) is 1. The Morgan fingerprint density at radius 2 is 1.85 bits per heavy atom. The van der Waals surface area contributed by atoms with E-state index in [1.165, 1.54) is 6.07 Å². The van der Waals surface area contributed by atoms with Crippen molar-refractivity contribution in [2.75, 3.05) is 39.8 Å². The van der Waals surface area contributed by atoms with Crippen molar-refractivity contribution in [1.82, 2.24) is 9.80 Å². The zero-order valence-corrected chi connectivity index (χ0v) is 11.5. The first-order valence-electron chi connectivity index (χ1n) is 6.70. The van der Waals surface area contributed by atoms with Gasteiger partial charge < -0.3 is 10.6 Å². The van der Waals surface area contributed by atoms with Gasteiger partial charge in [0.1, 0.15) is 0 Å². The third-order valence-electron chi connectivity index (χ3n) is 3.69. The zero-order valence-electron chi connectivity index (χ0n) is 11.5. The topological polar surface area (TPSA) is 32.5 Å². The number of hydrogen-bond acceptors (Lipinski definition) is 3. The predicted molar refractivity (Wildman–Crippen MR) is 72.3 cm³/mol. The summed E-state index contributed by atoms with van der Waals surface area (Å²) in [6.07, 6.45) is -4.32. The van der Waals surface area contributed by atoms with E-state index in [2.05, 4.69) is 16.8 Å². The van der Waals surface area contributed by atoms with Gasteiger partial charge in [-0.25, -0.2) is 0 Å². The summed E-state index contributed by atoms with van der Waals surface area (Å²) in [7, 11) is 2.06. The molecule has 1 heterocycles. The van der Waals surface area contributed by atoms with E-state index in [0.29, 0.717) is 12.1 Å². The van der Waals surface area contributed by atoms with E-state index in [1.807, 2.05) is 0 Å². The van der Waals surface area contributed by atoms with Crippen molar-refractivity contribution in [2.45, 2.75) is 12.2 Å². The van der Waals surface area contributed by atoms with Crippen molar-refractivity contribution in [3.05, 3.63) is 35.4 Å². The molecular formula is C14H20F3N3. The van der Waals surface area contributed by atoms with E-state index in [4.69, 9.17) is 5.73 Å². The fraction of sp³-hybridized carbons (Fsp3) is 0.571. The Bertz CT molecular complexity index is 440. The van der Waals surface area contributed by atoms with Gasteiger partial charge in [-0.1, -0.05) is 12.1 Å². The monoisotopic (exact) mass is 287 g/mol. The van der Waals surface area contributed by atoms with Crippen LogP contribution in [0.4, 0.5) is 13.2 Å². The van der Waals surface area contributed by atoms with Gasteiger partial charge in [0.15, 0.2) is 0 Å². The number of rotatable bonds is 3. The molecule has 1 atom stereocenters. The van der Waals surface area contributed by atoms with Crippen LogP contribution in [0.2, 0.25) is 0 Å². The lowest BCUT2D eigenvalue weighted by Gasteiger charge is -2.34. The van der Waals surface area contributed by atoms with Crippen LogP contribution in [0.3, 0.4) is 0 Å². The van der Waals surface area contributed by atoms with Crippen molar-refractivity contribution in [3.63, 3.8) is 0 Å². The molecule has 2 rings (SSSR count). The van der Waals surface area contributed by atoms with Gasteiger partial charge in [0.2, 0.25) is 0 Å². The van der Waals surface area contributed by atoms with Crippen molar-refractivity contribution in [3.8, 4) is 0 Å². The smallest absolute Gasteiger partial charge is 0.323 e. The SMILES string of the molecule is CN1CCN(CC(N)c2cccc(C(F)(F)F)c2)CC1. The summed E-state index contributed by atoms with van der Waals surface area (Å²) in [6.45, 7) is 4.34. The first kappa shape index (κ1) is 15.3. The number of piperazine rings is 1. The van der Waals surface area contributed by atoms with Crippen molar-refractivity contribution >= 4 is 0 Å². The highest BCUT2D eigenvalue weighted by Crippen LogP contribution is 2.30. The molecule has 0 spiro atoms. The normalized spacial score (nSPS) is 20.1. The Morgan fingerprint density at radius 1 is 1.20 bits per heavy atom. The first-order chi connectivity index (χ1) is 9.36. The summed E-state index contributed by atoms with van der Waals surface area (Å²) in [6, 6.07) is 4.92. The third-order valence-corrected chi connectivity index (χ3v) is 3.69. The number of alkyl halides is 3. The fourth-order valence-corrected chi connectivity index (χ4v) is 2.36. The molecule has 1 aliphatic rings. The second-order valence-corrected chi connectivity index (χ2v) is 5.33. The van der Waals surface area contributed by atoms with Crippen LogP contribution in [-0.2, 0) is 6.18 Å². The molecule has 0 saturated carbocycles. The highest BCUT2D eigenvalue weighted by molar-refractivity contribution is 5.28. The first-order valence-corrected chi connectivity index (χ1v) is 6.70. The molecule has 20 heavy (non-hydrogen) atoms. The van der Waals surface area contributed by atoms with E-state index in [1.54, 1.807) is 6.07 Å². The minimum absolute atomic E-state index is 0.388. The predicted octanol–water partition coefficient (Wildman–Crippen LogP) is 1.95. The average Bonchev–Trinajstić information content (AvgIpc) is 2.40. The number of likely N-dealkylation sites (N-methyl/N-ethyl adjacent to an activating group) is 1. The second-order valence-electron chi connectivity index (χ2n) is 5.33. The van der Waals surface area contributed by atoms with E-state index >= 15 is 0 Å². The summed E-state index contributed by atoms with van der Waals surface area (Å²) in [5, 5.41) is 0. The molecule has 0 bridgehead atoms. The minimum atomic E-state index is -4.32. The highest BCUT2D eigenvalue weighted by Gasteiger charge is 2.30. The fourth-order valence-electron chi connectivity index (χ4n) is 2.36. The molecule has 3 nitrogen and oxygen atoms in total. The highest BCUT2D eigenvalue weighted by atomic mass is 19.4. The minimum Gasteiger partial charge on any atom is -0.323 e. The number of benzene rings is 1. The molecule has 6 heteroatoms. The molecule has 1 unspecified atom stereocenters. The van der Waals surface area contributed by atoms with Gasteiger partial charge in [0.05, 0.1) is 5.56 Å². The quantitative estimate of drug-likeness (QED) is 0.922. The Hall–Kier alpha value is -1.11. The largest absolute Gasteiger partial charge is 0.416 e. The van der Waals surface area contributed by atoms with Crippen molar-refractivity contribution < 1.29 is 13.2 Å². The third kappa shape index (κ3) is 3.94. The maximum Gasteiger partial charge on any atom is 0.416 e. The second kappa shape index (κ2) is 6.11. The van der Waals surface area contributed by atoms with Crippen LogP contribution < -0.4 is 5.73 Å². The van der Waals surface area contributed by atoms with Gasteiger partial charge in [-0.2, -0.15) is 13.2 Å². The summed E-state index contributed by atoms with van der Waals surface area (Å²) >= 11 is 0. The van der Waals surface area contributed by atoms with Crippen LogP contribution in [0, 0.1) is 0 Å². The molecule has 0 aromatic heterocycles. The molecular weight excluding hydrogens is 267 g/mol. The van der Waals surface area contributed by atoms with Crippen molar-refractivity contribution in [1.29, 1.82) is 0 Å². The van der Waals surface area contributed by atoms with Gasteiger partial charge in [-0.05, 0) is 24.7 Å². The summed E-state index contributed by atoms with van der Waals surface area (Å²) in [5.41, 5.74) is 5.96. The van der Waals surface area contributed by atoms with Gasteiger partial charge in [-0.3, -0.25) is 4.90 Å². The van der Waals surface area contributed by atoms with Crippen LogP contribution in [0.1, 0.15) is 17.2 Å². The number of nitrogens with zero attached hydrogens (tertiary/aromatic N) is 2. The van der Waals surface area contributed by atoms with Crippen LogP contribution in [-0.4, -0.2) is 49.6 Å². The summed E-state index contributed by atoms with van der Waals surface area (Å²) < 4.78 is 38.0. The van der Waals surface area contributed by atoms with Crippen LogP contribution in [0.25, 0.3) is 0 Å². The van der Waals surface area contributed by atoms with Crippen LogP contribution in [0.15, 0.2) is 24.3 Å². The molecule has 1 aromatic carbocycles. The van der Waals surface area contributed by atoms with Gasteiger partial charge in [-0.15, -0.1) is 0 Å². The maximum atomic E-state index is 12.7. The van der Waals surface area contributed by atoms with E-state index in [9.17, 15) is 13.2 Å². The molecule has 1 aromatic rings. The van der Waals surface area contributed by atoms with E-state index < -0.39 is 11.7 Å².